The van der Waals surface area contributed by atoms with Crippen LogP contribution in [0.3, 0.4) is 0 Å². The van der Waals surface area contributed by atoms with Crippen LogP contribution in [0.4, 0.5) is 10.7 Å². The number of benzene rings is 6. The molecule has 0 spiro atoms. The minimum Gasteiger partial charge on any atom is -0.465 e. The first kappa shape index (κ1) is 41.5. The van der Waals surface area contributed by atoms with Gasteiger partial charge in [0.25, 0.3) is 5.95 Å². The Morgan fingerprint density at radius 2 is 0.985 bits per heavy atom. The molecular formula is C54H48N4O7. The number of carbonyl (C=O) groups excluding carboxylic acids is 3. The van der Waals surface area contributed by atoms with Gasteiger partial charge in [0.15, 0.2) is 0 Å². The van der Waals surface area contributed by atoms with E-state index in [1.807, 2.05) is 84.7 Å². The van der Waals surface area contributed by atoms with Crippen LogP contribution < -0.4 is 10.2 Å². The van der Waals surface area contributed by atoms with Gasteiger partial charge in [0.1, 0.15) is 25.9 Å². The average molecular weight is 865 g/mol. The highest BCUT2D eigenvalue weighted by atomic mass is 16.6. The second-order valence-electron chi connectivity index (χ2n) is 16.8. The monoisotopic (exact) mass is 864 g/mol. The van der Waals surface area contributed by atoms with Gasteiger partial charge in [0, 0.05) is 44.2 Å². The molecule has 0 fully saturated rings. The number of hydrogen-bond donors (Lipinski definition) is 1. The number of amides is 1. The number of hydrogen-bond acceptors (Lipinski definition) is 10. The van der Waals surface area contributed by atoms with Gasteiger partial charge in [-0.25, -0.2) is 9.59 Å². The molecule has 1 atom stereocenters. The topological polar surface area (TPSA) is 133 Å². The highest BCUT2D eigenvalue weighted by Crippen LogP contribution is 2.47. The van der Waals surface area contributed by atoms with E-state index in [2.05, 4.69) is 88.3 Å². The van der Waals surface area contributed by atoms with E-state index in [1.54, 1.807) is 0 Å². The third-order valence-electron chi connectivity index (χ3n) is 13.0. The number of fused-ring (bicyclic) bond motifs is 9. The van der Waals surface area contributed by atoms with Crippen molar-refractivity contribution in [3.8, 4) is 33.4 Å². The Kier molecular flexibility index (Phi) is 11.7. The summed E-state index contributed by atoms with van der Waals surface area (Å²) in [4.78, 5) is 46.8. The Labute approximate surface area is 377 Å². The van der Waals surface area contributed by atoms with Crippen LogP contribution in [0, 0.1) is 0 Å². The smallest absolute Gasteiger partial charge is 0.407 e. The van der Waals surface area contributed by atoms with Crippen molar-refractivity contribution in [2.75, 3.05) is 38.3 Å². The summed E-state index contributed by atoms with van der Waals surface area (Å²) in [5.74, 6) is -0.523. The first-order valence-corrected chi connectivity index (χ1v) is 22.2. The first-order chi connectivity index (χ1) is 31.9. The van der Waals surface area contributed by atoms with Crippen molar-refractivity contribution in [2.24, 2.45) is 0 Å². The van der Waals surface area contributed by atoms with E-state index < -0.39 is 18.1 Å². The fourth-order valence-corrected chi connectivity index (χ4v) is 9.76. The average Bonchev–Trinajstić information content (AvgIpc) is 4.11. The van der Waals surface area contributed by atoms with E-state index in [-0.39, 0.29) is 68.7 Å². The Balaban J connectivity index is 0.758. The highest BCUT2D eigenvalue weighted by molar-refractivity contribution is 5.83. The van der Waals surface area contributed by atoms with Crippen LogP contribution in [0.25, 0.3) is 33.4 Å². The lowest BCUT2D eigenvalue weighted by atomic mass is 9.98. The summed E-state index contributed by atoms with van der Waals surface area (Å²) in [6, 6.07) is 48.0. The van der Waals surface area contributed by atoms with Gasteiger partial charge < -0.3 is 29.0 Å². The van der Waals surface area contributed by atoms with E-state index in [4.69, 9.17) is 18.7 Å². The van der Waals surface area contributed by atoms with Crippen molar-refractivity contribution in [3.05, 3.63) is 185 Å². The summed E-state index contributed by atoms with van der Waals surface area (Å²) in [7, 11) is 1.82. The zero-order valence-electron chi connectivity index (χ0n) is 36.0. The molecular weight excluding hydrogens is 817 g/mol. The van der Waals surface area contributed by atoms with Crippen molar-refractivity contribution in [2.45, 2.75) is 49.5 Å². The van der Waals surface area contributed by atoms with E-state index in [1.165, 1.54) is 22.3 Å². The minimum absolute atomic E-state index is 0.00429. The Bertz CT molecular complexity index is 2750. The molecule has 1 heterocycles. The number of nitrogens with zero attached hydrogens (tertiary/aromatic N) is 3. The SMILES string of the molecule is CN(CCCC(=O)OCC1c2ccccc2-c2ccccc21)c1noc(CC[C@H](NC(=O)OCC2c3ccccc3-c3ccccc32)C(=O)OCC2c3ccccc3-c3ccccc32)n1. The van der Waals surface area contributed by atoms with E-state index in [9.17, 15) is 14.4 Å². The molecule has 1 amide bonds. The molecule has 3 aliphatic rings. The van der Waals surface area contributed by atoms with E-state index >= 15 is 0 Å². The molecule has 0 saturated heterocycles. The molecule has 11 nitrogen and oxygen atoms in total. The van der Waals surface area contributed by atoms with E-state index in [0.717, 1.165) is 44.5 Å². The Morgan fingerprint density at radius 1 is 0.585 bits per heavy atom. The molecule has 326 valence electrons. The standard InChI is InChI=1S/C54H48N4O7/c1-58(30-14-27-51(59)62-31-46-40-21-8-2-15-34(40)35-16-3-9-22-41(35)46)53-56-50(65-57-53)29-28-49(52(60)63-32-47-42-23-10-4-17-36(42)37-18-5-11-24-43(37)47)55-54(61)64-33-48-44-25-12-6-19-38(44)39-20-7-13-26-45(39)48/h2-13,15-26,46-49H,14,27-33H2,1H3,(H,55,61)/t49-/m0/s1. The number of alkyl carbamates (subject to hydrolysis) is 1. The molecule has 0 unspecified atom stereocenters. The van der Waals surface area contributed by atoms with Crippen LogP contribution >= 0.6 is 0 Å². The van der Waals surface area contributed by atoms with Crippen molar-refractivity contribution >= 4 is 24.0 Å². The molecule has 0 saturated carbocycles. The van der Waals surface area contributed by atoms with Gasteiger partial charge in [0.05, 0.1) is 0 Å². The van der Waals surface area contributed by atoms with Crippen molar-refractivity contribution in [3.63, 3.8) is 0 Å². The number of aryl methyl sites for hydroxylation is 1. The highest BCUT2D eigenvalue weighted by Gasteiger charge is 2.33. The second kappa shape index (κ2) is 18.3. The van der Waals surface area contributed by atoms with Gasteiger partial charge in [-0.3, -0.25) is 4.79 Å². The third-order valence-corrected chi connectivity index (χ3v) is 13.0. The van der Waals surface area contributed by atoms with Gasteiger partial charge in [-0.1, -0.05) is 146 Å². The number of anilines is 1. The molecule has 7 aromatic rings. The maximum atomic E-state index is 14.0. The van der Waals surface area contributed by atoms with Crippen LogP contribution in [0.1, 0.15) is 76.3 Å². The summed E-state index contributed by atoms with van der Waals surface area (Å²) >= 11 is 0. The largest absolute Gasteiger partial charge is 0.465 e. The van der Waals surface area contributed by atoms with Crippen molar-refractivity contribution < 1.29 is 33.1 Å². The lowest BCUT2D eigenvalue weighted by molar-refractivity contribution is -0.146. The van der Waals surface area contributed by atoms with Crippen molar-refractivity contribution in [1.82, 2.24) is 15.5 Å². The molecule has 10 rings (SSSR count). The molecule has 11 heteroatoms. The predicted molar refractivity (Wildman–Crippen MR) is 246 cm³/mol. The van der Waals surface area contributed by atoms with Crippen LogP contribution in [-0.2, 0) is 30.2 Å². The fraction of sp³-hybridized carbons (Fsp3) is 0.241. The summed E-state index contributed by atoms with van der Waals surface area (Å²) in [6.45, 7) is 0.957. The first-order valence-electron chi connectivity index (χ1n) is 22.2. The quantitative estimate of drug-likeness (QED) is 0.0740. The molecule has 0 aliphatic heterocycles. The van der Waals surface area contributed by atoms with Gasteiger partial charge >= 0.3 is 18.0 Å². The van der Waals surface area contributed by atoms with Crippen LogP contribution in [-0.4, -0.2) is 67.6 Å². The fourth-order valence-electron chi connectivity index (χ4n) is 9.76. The number of carbonyl (C=O) groups is 3. The van der Waals surface area contributed by atoms with Crippen molar-refractivity contribution in [1.29, 1.82) is 0 Å². The lowest BCUT2D eigenvalue weighted by Crippen LogP contribution is -2.43. The Hall–Kier alpha value is -7.53. The molecule has 6 aromatic carbocycles. The maximum Gasteiger partial charge on any atom is 0.407 e. The molecule has 3 aliphatic carbocycles. The molecule has 1 aromatic heterocycles. The predicted octanol–water partition coefficient (Wildman–Crippen LogP) is 9.84. The number of rotatable bonds is 16. The van der Waals surface area contributed by atoms with Crippen LogP contribution in [0.2, 0.25) is 0 Å². The molecule has 1 N–H and O–H groups in total. The number of esters is 2. The molecule has 65 heavy (non-hydrogen) atoms. The lowest BCUT2D eigenvalue weighted by Gasteiger charge is -2.20. The molecule has 0 bridgehead atoms. The number of aromatic nitrogens is 2. The molecule has 0 radical (unpaired) electrons. The van der Waals surface area contributed by atoms with E-state index in [0.29, 0.717) is 18.9 Å². The third kappa shape index (κ3) is 8.37. The zero-order chi connectivity index (χ0) is 44.3. The van der Waals surface area contributed by atoms with Crippen LogP contribution in [0.15, 0.2) is 150 Å². The van der Waals surface area contributed by atoms with Gasteiger partial charge in [0.2, 0.25) is 5.89 Å². The van der Waals surface area contributed by atoms with Crippen LogP contribution in [0.5, 0.6) is 0 Å². The van der Waals surface area contributed by atoms with Gasteiger partial charge in [-0.15, -0.1) is 0 Å². The maximum absolute atomic E-state index is 14.0. The summed E-state index contributed by atoms with van der Waals surface area (Å²) in [5, 5.41) is 6.96. The second-order valence-corrected chi connectivity index (χ2v) is 16.8. The number of nitrogens with one attached hydrogen (secondary N) is 1. The number of ether oxygens (including phenoxy) is 3. The summed E-state index contributed by atoms with van der Waals surface area (Å²) in [5.41, 5.74) is 13.5. The minimum atomic E-state index is -1.07. The van der Waals surface area contributed by atoms with Gasteiger partial charge in [-0.05, 0) is 84.8 Å². The normalized spacial score (nSPS) is 13.7. The van der Waals surface area contributed by atoms with Gasteiger partial charge in [-0.2, -0.15) is 4.98 Å². The summed E-state index contributed by atoms with van der Waals surface area (Å²) in [6.07, 6.45) is 0.319. The zero-order valence-corrected chi connectivity index (χ0v) is 36.0. The summed E-state index contributed by atoms with van der Waals surface area (Å²) < 4.78 is 23.3. The Morgan fingerprint density at radius 3 is 1.43 bits per heavy atom.